The fourth-order valence-electron chi connectivity index (χ4n) is 1.22. The molecule has 1 aromatic rings. The Hall–Kier alpha value is -1.27. The average Bonchev–Trinajstić information content (AvgIpc) is 2.64. The molecule has 2 rings (SSSR count). The Morgan fingerprint density at radius 1 is 1.75 bits per heavy atom. The molecule has 1 aliphatic rings. The zero-order chi connectivity index (χ0) is 8.60. The summed E-state index contributed by atoms with van der Waals surface area (Å²) in [6.07, 6.45) is 11.0. The molecule has 1 aliphatic carbocycles. The molecule has 0 aromatic carbocycles. The van der Waals surface area contributed by atoms with Gasteiger partial charge < -0.3 is 5.73 Å². The van der Waals surface area contributed by atoms with E-state index < -0.39 is 0 Å². The lowest BCUT2D eigenvalue weighted by Gasteiger charge is -2.02. The van der Waals surface area contributed by atoms with Crippen LogP contribution >= 0.6 is 0 Å². The van der Waals surface area contributed by atoms with Crippen LogP contribution in [-0.4, -0.2) is 9.78 Å². The summed E-state index contributed by atoms with van der Waals surface area (Å²) in [5, 5.41) is 4.11. The van der Waals surface area contributed by atoms with Crippen LogP contribution in [0.25, 0.3) is 0 Å². The van der Waals surface area contributed by atoms with Crippen LogP contribution in [-0.2, 0) is 12.1 Å². The fourth-order valence-corrected chi connectivity index (χ4v) is 1.22. The standard InChI is InChI=1S/C9H11N3/c1-2-5-12-7-8(6-11-12)9(10)3-4-9/h1,6-7H,3-5,10H2. The molecule has 3 nitrogen and oxygen atoms in total. The van der Waals surface area contributed by atoms with Gasteiger partial charge >= 0.3 is 0 Å². The van der Waals surface area contributed by atoms with E-state index in [0.29, 0.717) is 6.54 Å². The third-order valence-electron chi connectivity index (χ3n) is 2.25. The molecule has 62 valence electrons. The summed E-state index contributed by atoms with van der Waals surface area (Å²) >= 11 is 0. The van der Waals surface area contributed by atoms with Gasteiger partial charge in [-0.2, -0.15) is 5.10 Å². The third-order valence-corrected chi connectivity index (χ3v) is 2.25. The van der Waals surface area contributed by atoms with Crippen molar-refractivity contribution in [1.29, 1.82) is 0 Å². The van der Waals surface area contributed by atoms with Gasteiger partial charge in [0.25, 0.3) is 0 Å². The topological polar surface area (TPSA) is 43.8 Å². The Bertz CT molecular complexity index is 328. The molecule has 1 fully saturated rings. The Labute approximate surface area is 71.6 Å². The second-order valence-corrected chi connectivity index (χ2v) is 3.29. The molecule has 0 atom stereocenters. The molecule has 0 radical (unpaired) electrons. The van der Waals surface area contributed by atoms with Gasteiger partial charge in [0.2, 0.25) is 0 Å². The maximum Gasteiger partial charge on any atom is 0.101 e. The van der Waals surface area contributed by atoms with Crippen LogP contribution in [0.1, 0.15) is 18.4 Å². The van der Waals surface area contributed by atoms with E-state index in [2.05, 4.69) is 11.0 Å². The molecule has 0 spiro atoms. The molecule has 2 N–H and O–H groups in total. The van der Waals surface area contributed by atoms with Crippen molar-refractivity contribution in [3.8, 4) is 12.3 Å². The molecule has 3 heteroatoms. The summed E-state index contributed by atoms with van der Waals surface area (Å²) in [6.45, 7) is 0.524. The van der Waals surface area contributed by atoms with E-state index in [1.54, 1.807) is 4.68 Å². The maximum atomic E-state index is 5.97. The zero-order valence-corrected chi connectivity index (χ0v) is 6.83. The van der Waals surface area contributed by atoms with Crippen LogP contribution in [0.3, 0.4) is 0 Å². The van der Waals surface area contributed by atoms with Gasteiger partial charge in [0.1, 0.15) is 6.54 Å². The van der Waals surface area contributed by atoms with E-state index in [0.717, 1.165) is 18.4 Å². The van der Waals surface area contributed by atoms with Gasteiger partial charge in [0.15, 0.2) is 0 Å². The monoisotopic (exact) mass is 161 g/mol. The van der Waals surface area contributed by atoms with Gasteiger partial charge in [0.05, 0.1) is 6.20 Å². The number of rotatable bonds is 2. The number of hydrogen-bond acceptors (Lipinski definition) is 2. The third kappa shape index (κ3) is 1.10. The summed E-state index contributed by atoms with van der Waals surface area (Å²) in [4.78, 5) is 0. The van der Waals surface area contributed by atoms with Gasteiger partial charge in [-0.25, -0.2) is 0 Å². The van der Waals surface area contributed by atoms with Crippen LogP contribution in [0.4, 0.5) is 0 Å². The van der Waals surface area contributed by atoms with E-state index >= 15 is 0 Å². The number of nitrogens with zero attached hydrogens (tertiary/aromatic N) is 2. The molecular formula is C9H11N3. The highest BCUT2D eigenvalue weighted by molar-refractivity contribution is 5.24. The van der Waals surface area contributed by atoms with Crippen molar-refractivity contribution in [2.24, 2.45) is 5.73 Å². The molecular weight excluding hydrogens is 150 g/mol. The van der Waals surface area contributed by atoms with Gasteiger partial charge in [-0.05, 0) is 12.8 Å². The first-order valence-corrected chi connectivity index (χ1v) is 4.00. The van der Waals surface area contributed by atoms with Crippen LogP contribution in [0.15, 0.2) is 12.4 Å². The number of hydrogen-bond donors (Lipinski definition) is 1. The van der Waals surface area contributed by atoms with Gasteiger partial charge in [-0.1, -0.05) is 5.92 Å². The Morgan fingerprint density at radius 3 is 3.08 bits per heavy atom. The highest BCUT2D eigenvalue weighted by Gasteiger charge is 2.40. The molecule has 0 aliphatic heterocycles. The van der Waals surface area contributed by atoms with Crippen molar-refractivity contribution in [3.63, 3.8) is 0 Å². The number of terminal acetylenes is 1. The normalized spacial score (nSPS) is 18.7. The van der Waals surface area contributed by atoms with Crippen LogP contribution < -0.4 is 5.73 Å². The van der Waals surface area contributed by atoms with Crippen molar-refractivity contribution in [3.05, 3.63) is 18.0 Å². The fraction of sp³-hybridized carbons (Fsp3) is 0.444. The van der Waals surface area contributed by atoms with E-state index in [-0.39, 0.29) is 5.54 Å². The van der Waals surface area contributed by atoms with Gasteiger partial charge in [0, 0.05) is 17.3 Å². The Balaban J connectivity index is 2.20. The first kappa shape index (κ1) is 7.38. The molecule has 0 amide bonds. The highest BCUT2D eigenvalue weighted by atomic mass is 15.3. The predicted octanol–water partition coefficient (Wildman–Crippen LogP) is 0.464. The molecule has 1 heterocycles. The lowest BCUT2D eigenvalue weighted by atomic mass is 10.1. The largest absolute Gasteiger partial charge is 0.321 e. The average molecular weight is 161 g/mol. The molecule has 0 saturated heterocycles. The Morgan fingerprint density at radius 2 is 2.50 bits per heavy atom. The first-order chi connectivity index (χ1) is 5.74. The first-order valence-electron chi connectivity index (χ1n) is 4.00. The summed E-state index contributed by atoms with van der Waals surface area (Å²) in [6, 6.07) is 0. The predicted molar refractivity (Wildman–Crippen MR) is 46.2 cm³/mol. The van der Waals surface area contributed by atoms with Crippen molar-refractivity contribution < 1.29 is 0 Å². The van der Waals surface area contributed by atoms with Crippen molar-refractivity contribution in [1.82, 2.24) is 9.78 Å². The van der Waals surface area contributed by atoms with Crippen LogP contribution in [0, 0.1) is 12.3 Å². The number of aromatic nitrogens is 2. The van der Waals surface area contributed by atoms with Crippen LogP contribution in [0.2, 0.25) is 0 Å². The lowest BCUT2D eigenvalue weighted by Crippen LogP contribution is -2.17. The van der Waals surface area contributed by atoms with E-state index in [4.69, 9.17) is 12.2 Å². The quantitative estimate of drug-likeness (QED) is 0.640. The van der Waals surface area contributed by atoms with Crippen LogP contribution in [0.5, 0.6) is 0 Å². The molecule has 0 bridgehead atoms. The lowest BCUT2D eigenvalue weighted by molar-refractivity contribution is 0.705. The summed E-state index contributed by atoms with van der Waals surface area (Å²) < 4.78 is 1.74. The highest BCUT2D eigenvalue weighted by Crippen LogP contribution is 2.42. The van der Waals surface area contributed by atoms with E-state index in [9.17, 15) is 0 Å². The van der Waals surface area contributed by atoms with Gasteiger partial charge in [-0.3, -0.25) is 4.68 Å². The second kappa shape index (κ2) is 2.36. The summed E-state index contributed by atoms with van der Waals surface area (Å²) in [5.74, 6) is 2.53. The minimum Gasteiger partial charge on any atom is -0.321 e. The minimum atomic E-state index is -0.0904. The summed E-state index contributed by atoms with van der Waals surface area (Å²) in [7, 11) is 0. The van der Waals surface area contributed by atoms with Crippen molar-refractivity contribution in [2.45, 2.75) is 24.9 Å². The molecule has 1 aromatic heterocycles. The van der Waals surface area contributed by atoms with Crippen molar-refractivity contribution >= 4 is 0 Å². The van der Waals surface area contributed by atoms with Gasteiger partial charge in [-0.15, -0.1) is 6.42 Å². The minimum absolute atomic E-state index is 0.0904. The maximum absolute atomic E-state index is 5.97. The smallest absolute Gasteiger partial charge is 0.101 e. The van der Waals surface area contributed by atoms with E-state index in [1.807, 2.05) is 12.4 Å². The Kier molecular flexibility index (Phi) is 1.45. The molecule has 1 saturated carbocycles. The second-order valence-electron chi connectivity index (χ2n) is 3.29. The molecule has 12 heavy (non-hydrogen) atoms. The molecule has 0 unspecified atom stereocenters. The summed E-state index contributed by atoms with van der Waals surface area (Å²) in [5.41, 5.74) is 6.99. The zero-order valence-electron chi connectivity index (χ0n) is 6.83. The number of nitrogens with two attached hydrogens (primary N) is 1. The van der Waals surface area contributed by atoms with Crippen molar-refractivity contribution in [2.75, 3.05) is 0 Å². The SMILES string of the molecule is C#CCn1cc(C2(N)CC2)cn1. The van der Waals surface area contributed by atoms with E-state index in [1.165, 1.54) is 0 Å².